The minimum absolute atomic E-state index is 0.159. The molecule has 6 N–H and O–H groups in total. The van der Waals surface area contributed by atoms with Gasteiger partial charge in [0.25, 0.3) is 11.8 Å². The number of hydrogen-bond donors (Lipinski definition) is 6. The second-order valence-corrected chi connectivity index (χ2v) is 8.79. The summed E-state index contributed by atoms with van der Waals surface area (Å²) in [6.07, 6.45) is -1.20. The molecule has 0 saturated heterocycles. The number of halogens is 1. The van der Waals surface area contributed by atoms with Gasteiger partial charge in [-0.2, -0.15) is 0 Å². The molecule has 0 bridgehead atoms. The number of aliphatic hydroxyl groups excluding tert-OH is 1. The van der Waals surface area contributed by atoms with Gasteiger partial charge in [-0.1, -0.05) is 35.6 Å². The van der Waals surface area contributed by atoms with Crippen LogP contribution in [0.15, 0.2) is 72.8 Å². The number of amides is 3. The lowest BCUT2D eigenvalue weighted by atomic mass is 10.1. The van der Waals surface area contributed by atoms with Crippen molar-refractivity contribution in [3.05, 3.63) is 100 Å². The summed E-state index contributed by atoms with van der Waals surface area (Å²) in [5, 5.41) is 27.3. The molecule has 9 nitrogen and oxygen atoms in total. The van der Waals surface area contributed by atoms with Gasteiger partial charge in [0.2, 0.25) is 5.91 Å². The van der Waals surface area contributed by atoms with Crippen molar-refractivity contribution in [2.75, 3.05) is 11.9 Å². The van der Waals surface area contributed by atoms with Crippen LogP contribution in [0.1, 0.15) is 34.0 Å². The van der Waals surface area contributed by atoms with E-state index in [-0.39, 0.29) is 18.0 Å². The average molecular weight is 535 g/mol. The van der Waals surface area contributed by atoms with E-state index in [0.29, 0.717) is 22.8 Å². The molecule has 2 atom stereocenters. The Bertz CT molecular complexity index is 1310. The predicted molar refractivity (Wildman–Crippen MR) is 144 cm³/mol. The van der Waals surface area contributed by atoms with Crippen LogP contribution in [0.4, 0.5) is 5.69 Å². The summed E-state index contributed by atoms with van der Waals surface area (Å²) in [4.78, 5) is 36.1. The van der Waals surface area contributed by atoms with Crippen molar-refractivity contribution < 1.29 is 24.7 Å². The molecule has 3 amide bonds. The summed E-state index contributed by atoms with van der Waals surface area (Å²) >= 11 is 5.87. The highest BCUT2D eigenvalue weighted by Crippen LogP contribution is 2.11. The monoisotopic (exact) mass is 534 g/mol. The highest BCUT2D eigenvalue weighted by molar-refractivity contribution is 6.30. The Kier molecular flexibility index (Phi) is 10.4. The highest BCUT2D eigenvalue weighted by Gasteiger charge is 2.25. The number of hydrogen-bond acceptors (Lipinski definition) is 6. The maximum Gasteiger partial charge on any atom is 0.268 e. The summed E-state index contributed by atoms with van der Waals surface area (Å²) in [5.74, 6) is 4.34. The molecular weight excluding hydrogens is 508 g/mol. The number of carbonyl (C=O) groups excluding carboxylic acids is 3. The minimum Gasteiger partial charge on any atom is -0.391 e. The first kappa shape index (κ1) is 28.4. The number of rotatable bonds is 9. The Morgan fingerprint density at radius 2 is 1.47 bits per heavy atom. The van der Waals surface area contributed by atoms with Crippen LogP contribution in [0.3, 0.4) is 0 Å². The van der Waals surface area contributed by atoms with Crippen LogP contribution < -0.4 is 21.4 Å². The van der Waals surface area contributed by atoms with Gasteiger partial charge in [0.1, 0.15) is 6.04 Å². The number of anilines is 1. The van der Waals surface area contributed by atoms with Gasteiger partial charge in [0, 0.05) is 33.9 Å². The van der Waals surface area contributed by atoms with Gasteiger partial charge in [-0.25, -0.2) is 5.48 Å². The van der Waals surface area contributed by atoms with E-state index in [9.17, 15) is 19.5 Å². The van der Waals surface area contributed by atoms with Crippen molar-refractivity contribution in [2.24, 2.45) is 0 Å². The summed E-state index contributed by atoms with van der Waals surface area (Å²) in [7, 11) is 0. The third-order valence-electron chi connectivity index (χ3n) is 5.36. The minimum atomic E-state index is -1.30. The fourth-order valence-corrected chi connectivity index (χ4v) is 3.44. The van der Waals surface area contributed by atoms with Crippen LogP contribution in [0.2, 0.25) is 5.02 Å². The van der Waals surface area contributed by atoms with E-state index in [1.165, 1.54) is 24.5 Å². The van der Waals surface area contributed by atoms with Crippen LogP contribution >= 0.6 is 11.6 Å². The van der Waals surface area contributed by atoms with Gasteiger partial charge >= 0.3 is 0 Å². The Balaban J connectivity index is 1.50. The fourth-order valence-electron chi connectivity index (χ4n) is 3.31. The van der Waals surface area contributed by atoms with Crippen molar-refractivity contribution >= 4 is 35.0 Å². The number of hydroxylamine groups is 1. The van der Waals surface area contributed by atoms with E-state index in [4.69, 9.17) is 16.8 Å². The third kappa shape index (κ3) is 8.73. The molecule has 0 aromatic heterocycles. The van der Waals surface area contributed by atoms with Gasteiger partial charge in [0.05, 0.1) is 12.6 Å². The lowest BCUT2D eigenvalue weighted by Crippen LogP contribution is -2.51. The Morgan fingerprint density at radius 1 is 0.895 bits per heavy atom. The normalized spacial score (nSPS) is 11.9. The first-order valence-electron chi connectivity index (χ1n) is 11.6. The number of aliphatic hydroxyl groups is 1. The van der Waals surface area contributed by atoms with Crippen molar-refractivity contribution in [1.29, 1.82) is 0 Å². The maximum atomic E-state index is 12.4. The molecule has 3 rings (SSSR count). The van der Waals surface area contributed by atoms with Crippen LogP contribution in [0.5, 0.6) is 0 Å². The van der Waals surface area contributed by atoms with E-state index in [1.54, 1.807) is 48.5 Å². The summed E-state index contributed by atoms with van der Waals surface area (Å²) in [6, 6.07) is 19.6. The SMILES string of the molecule is CC(O)C(NC(=O)c1ccc(C#Cc2ccc(NC(=O)CNCc3ccc(Cl)cc3)cc2)cc1)C(=O)NO. The lowest BCUT2D eigenvalue weighted by molar-refractivity contribution is -0.133. The molecule has 38 heavy (non-hydrogen) atoms. The molecule has 196 valence electrons. The number of nitrogens with one attached hydrogen (secondary N) is 4. The van der Waals surface area contributed by atoms with Crippen LogP contribution in [-0.4, -0.2) is 46.7 Å². The third-order valence-corrected chi connectivity index (χ3v) is 5.61. The Hall–Kier alpha value is -4.20. The molecule has 0 aliphatic heterocycles. The predicted octanol–water partition coefficient (Wildman–Crippen LogP) is 2.45. The zero-order chi connectivity index (χ0) is 27.5. The van der Waals surface area contributed by atoms with Gasteiger partial charge in [-0.3, -0.25) is 19.6 Å². The number of benzene rings is 3. The quantitative estimate of drug-likeness (QED) is 0.142. The topological polar surface area (TPSA) is 140 Å². The largest absolute Gasteiger partial charge is 0.391 e. The zero-order valence-electron chi connectivity index (χ0n) is 20.5. The molecule has 0 spiro atoms. The van der Waals surface area contributed by atoms with Crippen LogP contribution in [0.25, 0.3) is 0 Å². The van der Waals surface area contributed by atoms with E-state index in [0.717, 1.165) is 11.1 Å². The molecule has 3 aromatic rings. The molecular formula is C28H27ClN4O5. The maximum absolute atomic E-state index is 12.4. The molecule has 0 saturated carbocycles. The van der Waals surface area contributed by atoms with Gasteiger partial charge in [-0.05, 0) is 73.2 Å². The summed E-state index contributed by atoms with van der Waals surface area (Å²) < 4.78 is 0. The smallest absolute Gasteiger partial charge is 0.268 e. The second kappa shape index (κ2) is 13.9. The molecule has 0 aliphatic carbocycles. The molecule has 0 radical (unpaired) electrons. The molecule has 0 heterocycles. The van der Waals surface area contributed by atoms with E-state index >= 15 is 0 Å². The van der Waals surface area contributed by atoms with Crippen LogP contribution in [-0.2, 0) is 16.1 Å². The van der Waals surface area contributed by atoms with E-state index in [1.807, 2.05) is 12.1 Å². The summed E-state index contributed by atoms with van der Waals surface area (Å²) in [6.45, 7) is 2.03. The van der Waals surface area contributed by atoms with E-state index < -0.39 is 24.0 Å². The Morgan fingerprint density at radius 3 is 2.03 bits per heavy atom. The fraction of sp³-hybridized carbons (Fsp3) is 0.179. The standard InChI is InChI=1S/C28H27ClN4O5/c1-18(34)26(28(37)33-38)32-27(36)22-10-4-19(5-11-22)2-3-20-8-14-24(15-9-20)31-25(35)17-30-16-21-6-12-23(29)13-7-21/h4-15,18,26,30,34,38H,16-17H2,1H3,(H,31,35)(H,32,36)(H,33,37). The van der Waals surface area contributed by atoms with Crippen molar-refractivity contribution in [3.8, 4) is 11.8 Å². The van der Waals surface area contributed by atoms with Crippen molar-refractivity contribution in [3.63, 3.8) is 0 Å². The van der Waals surface area contributed by atoms with Gasteiger partial charge in [-0.15, -0.1) is 0 Å². The number of carbonyl (C=O) groups is 3. The highest BCUT2D eigenvalue weighted by atomic mass is 35.5. The summed E-state index contributed by atoms with van der Waals surface area (Å²) in [5.41, 5.74) is 4.74. The lowest BCUT2D eigenvalue weighted by Gasteiger charge is -2.19. The van der Waals surface area contributed by atoms with Crippen molar-refractivity contribution in [2.45, 2.75) is 25.6 Å². The van der Waals surface area contributed by atoms with Gasteiger partial charge in [0.15, 0.2) is 0 Å². The molecule has 2 unspecified atom stereocenters. The average Bonchev–Trinajstić information content (AvgIpc) is 2.92. The Labute approximate surface area is 225 Å². The molecule has 0 aliphatic rings. The molecule has 0 fully saturated rings. The molecule has 3 aromatic carbocycles. The zero-order valence-corrected chi connectivity index (χ0v) is 21.3. The van der Waals surface area contributed by atoms with Crippen molar-refractivity contribution in [1.82, 2.24) is 16.1 Å². The van der Waals surface area contributed by atoms with Crippen LogP contribution in [0, 0.1) is 11.8 Å². The van der Waals surface area contributed by atoms with E-state index in [2.05, 4.69) is 27.8 Å². The first-order chi connectivity index (χ1) is 18.2. The first-order valence-corrected chi connectivity index (χ1v) is 12.0. The van der Waals surface area contributed by atoms with Gasteiger partial charge < -0.3 is 21.1 Å². The molecule has 10 heteroatoms. The second-order valence-electron chi connectivity index (χ2n) is 8.35.